The maximum atomic E-state index is 14.6. The van der Waals surface area contributed by atoms with Gasteiger partial charge in [0.25, 0.3) is 5.91 Å². The van der Waals surface area contributed by atoms with Crippen LogP contribution in [0, 0.1) is 24.7 Å². The van der Waals surface area contributed by atoms with Gasteiger partial charge in [0.15, 0.2) is 0 Å². The van der Waals surface area contributed by atoms with Crippen molar-refractivity contribution in [2.75, 3.05) is 4.90 Å². The third-order valence-corrected chi connectivity index (χ3v) is 8.52. The van der Waals surface area contributed by atoms with Gasteiger partial charge in [-0.25, -0.2) is 4.99 Å². The van der Waals surface area contributed by atoms with Gasteiger partial charge < -0.3 is 16.0 Å². The summed E-state index contributed by atoms with van der Waals surface area (Å²) in [6, 6.07) is 33.8. The van der Waals surface area contributed by atoms with Crippen molar-refractivity contribution < 1.29 is 14.4 Å². The lowest BCUT2D eigenvalue weighted by molar-refractivity contribution is -0.135. The maximum absolute atomic E-state index is 14.6. The Balaban J connectivity index is 1.57. The van der Waals surface area contributed by atoms with Crippen molar-refractivity contribution in [2.45, 2.75) is 46.3 Å². The van der Waals surface area contributed by atoms with Crippen LogP contribution in [-0.2, 0) is 20.9 Å². The lowest BCUT2D eigenvalue weighted by Gasteiger charge is -2.28. The Hall–Kier alpha value is -5.30. The molecule has 47 heavy (non-hydrogen) atoms. The number of anilines is 1. The smallest absolute Gasteiger partial charge is 0.272 e. The highest BCUT2D eigenvalue weighted by atomic mass is 16.2. The van der Waals surface area contributed by atoms with E-state index in [9.17, 15) is 14.4 Å². The molecular weight excluding hydrogens is 584 g/mol. The van der Waals surface area contributed by atoms with Gasteiger partial charge in [0.05, 0.1) is 29.8 Å². The van der Waals surface area contributed by atoms with Crippen LogP contribution in [0.25, 0.3) is 11.1 Å². The summed E-state index contributed by atoms with van der Waals surface area (Å²) in [4.78, 5) is 47.8. The first-order valence-electron chi connectivity index (χ1n) is 16.1. The molecule has 5 rings (SSSR count). The number of nitrogens with one attached hydrogen (secondary N) is 1. The van der Waals surface area contributed by atoms with Crippen LogP contribution < -0.4 is 16.0 Å². The third kappa shape index (κ3) is 7.75. The fourth-order valence-electron chi connectivity index (χ4n) is 6.15. The standard InChI is InChI=1S/C40H42N4O3/c1-5-12-32(37(41)45)34(23-26(2)3)39(46)43-38-40(47)44(25-28-13-11-16-31(24-28)29-21-19-27(4)20-22-29)35-18-10-9-17-33(35)36(42-38)30-14-7-6-8-15-30/h5-11,13-22,24,26,32,34,38H,1,12,23,25H2,2-4H3,(H2,41,45)(H,43,46)/t32-,34+,38?/m0/s1. The molecule has 0 saturated carbocycles. The van der Waals surface area contributed by atoms with Gasteiger partial charge >= 0.3 is 0 Å². The van der Waals surface area contributed by atoms with Crippen molar-refractivity contribution in [3.8, 4) is 11.1 Å². The number of hydrogen-bond donors (Lipinski definition) is 2. The van der Waals surface area contributed by atoms with Crippen molar-refractivity contribution in [1.82, 2.24) is 5.32 Å². The number of para-hydroxylation sites is 1. The van der Waals surface area contributed by atoms with E-state index in [0.717, 1.165) is 27.8 Å². The van der Waals surface area contributed by atoms with Gasteiger partial charge in [0, 0.05) is 11.1 Å². The molecule has 0 aromatic heterocycles. The van der Waals surface area contributed by atoms with Crippen molar-refractivity contribution in [1.29, 1.82) is 0 Å². The quantitative estimate of drug-likeness (QED) is 0.169. The van der Waals surface area contributed by atoms with Crippen LogP contribution in [0.15, 0.2) is 121 Å². The van der Waals surface area contributed by atoms with Gasteiger partial charge in [0.1, 0.15) is 0 Å². The van der Waals surface area contributed by atoms with E-state index in [1.807, 2.05) is 80.6 Å². The van der Waals surface area contributed by atoms with Crippen molar-refractivity contribution >= 4 is 29.1 Å². The van der Waals surface area contributed by atoms with E-state index in [-0.39, 0.29) is 24.8 Å². The highest BCUT2D eigenvalue weighted by Crippen LogP contribution is 2.31. The van der Waals surface area contributed by atoms with Gasteiger partial charge in [-0.05, 0) is 54.5 Å². The molecule has 7 heteroatoms. The van der Waals surface area contributed by atoms with Gasteiger partial charge in [-0.1, -0.05) is 116 Å². The molecule has 1 aliphatic rings. The van der Waals surface area contributed by atoms with Crippen LogP contribution in [-0.4, -0.2) is 29.6 Å². The van der Waals surface area contributed by atoms with Gasteiger partial charge in [-0.3, -0.25) is 14.4 Å². The Morgan fingerprint density at radius 2 is 1.57 bits per heavy atom. The van der Waals surface area contributed by atoms with Crippen molar-refractivity contribution in [2.24, 2.45) is 28.5 Å². The minimum absolute atomic E-state index is 0.104. The lowest BCUT2D eigenvalue weighted by Crippen LogP contribution is -2.50. The average Bonchev–Trinajstić information content (AvgIpc) is 3.17. The normalized spacial score (nSPS) is 15.7. The molecule has 0 aliphatic carbocycles. The summed E-state index contributed by atoms with van der Waals surface area (Å²) in [5.74, 6) is -2.79. The predicted octanol–water partition coefficient (Wildman–Crippen LogP) is 6.83. The topological polar surface area (TPSA) is 105 Å². The molecule has 1 aliphatic heterocycles. The van der Waals surface area contributed by atoms with Gasteiger partial charge in [-0.15, -0.1) is 6.58 Å². The molecule has 1 unspecified atom stereocenters. The monoisotopic (exact) mass is 626 g/mol. The number of nitrogens with zero attached hydrogens (tertiary/aromatic N) is 2. The number of rotatable bonds is 12. The summed E-state index contributed by atoms with van der Waals surface area (Å²) in [6.45, 7) is 10.1. The Bertz CT molecular complexity index is 1780. The zero-order valence-corrected chi connectivity index (χ0v) is 27.2. The molecule has 0 spiro atoms. The molecule has 4 aromatic carbocycles. The summed E-state index contributed by atoms with van der Waals surface area (Å²) < 4.78 is 0. The first-order valence-corrected chi connectivity index (χ1v) is 16.1. The number of hydrogen-bond acceptors (Lipinski definition) is 4. The molecule has 7 nitrogen and oxygen atoms in total. The van der Waals surface area contributed by atoms with Crippen LogP contribution in [0.5, 0.6) is 0 Å². The number of fused-ring (bicyclic) bond motifs is 1. The molecule has 1 heterocycles. The number of nitrogens with two attached hydrogens (primary N) is 1. The molecule has 3 N–H and O–H groups in total. The summed E-state index contributed by atoms with van der Waals surface area (Å²) in [5.41, 5.74) is 12.9. The highest BCUT2D eigenvalue weighted by Gasteiger charge is 2.37. The number of allylic oxidation sites excluding steroid dienone is 1. The first kappa shape index (κ1) is 33.1. The van der Waals surface area contributed by atoms with E-state index in [4.69, 9.17) is 10.7 Å². The summed E-state index contributed by atoms with van der Waals surface area (Å²) in [7, 11) is 0. The Morgan fingerprint density at radius 3 is 2.26 bits per heavy atom. The Morgan fingerprint density at radius 1 is 0.894 bits per heavy atom. The molecule has 0 radical (unpaired) electrons. The van der Waals surface area contributed by atoms with Crippen LogP contribution in [0.2, 0.25) is 0 Å². The summed E-state index contributed by atoms with van der Waals surface area (Å²) in [5, 5.41) is 2.94. The second kappa shape index (κ2) is 14.9. The number of primary amides is 1. The van der Waals surface area contributed by atoms with E-state index >= 15 is 0 Å². The molecular formula is C40H42N4O3. The summed E-state index contributed by atoms with van der Waals surface area (Å²) in [6.07, 6.45) is 1.03. The molecule has 240 valence electrons. The van der Waals surface area contributed by atoms with Gasteiger partial charge in [0.2, 0.25) is 18.0 Å². The molecule has 4 aromatic rings. The second-order valence-electron chi connectivity index (χ2n) is 12.5. The van der Waals surface area contributed by atoms with E-state index in [1.165, 1.54) is 5.56 Å². The predicted molar refractivity (Wildman–Crippen MR) is 189 cm³/mol. The van der Waals surface area contributed by atoms with E-state index in [1.54, 1.807) is 11.0 Å². The van der Waals surface area contributed by atoms with Crippen molar-refractivity contribution in [3.05, 3.63) is 138 Å². The zero-order valence-electron chi connectivity index (χ0n) is 27.2. The maximum Gasteiger partial charge on any atom is 0.272 e. The van der Waals surface area contributed by atoms with Crippen LogP contribution in [0.4, 0.5) is 5.69 Å². The number of amides is 3. The summed E-state index contributed by atoms with van der Waals surface area (Å²) >= 11 is 0. The molecule has 3 atom stereocenters. The van der Waals surface area contributed by atoms with Crippen LogP contribution in [0.1, 0.15) is 48.9 Å². The highest BCUT2D eigenvalue weighted by molar-refractivity contribution is 6.20. The van der Waals surface area contributed by atoms with E-state index in [2.05, 4.69) is 55.2 Å². The van der Waals surface area contributed by atoms with Crippen LogP contribution in [0.3, 0.4) is 0 Å². The van der Waals surface area contributed by atoms with Gasteiger partial charge in [-0.2, -0.15) is 0 Å². The second-order valence-corrected chi connectivity index (χ2v) is 12.5. The van der Waals surface area contributed by atoms with Crippen LogP contribution >= 0.6 is 0 Å². The average molecular weight is 627 g/mol. The fraction of sp³-hybridized carbons (Fsp3) is 0.250. The Kier molecular flexibility index (Phi) is 10.5. The number of carbonyl (C=O) groups excluding carboxylic acids is 3. The minimum Gasteiger partial charge on any atom is -0.369 e. The number of benzene rings is 4. The third-order valence-electron chi connectivity index (χ3n) is 8.52. The number of benzodiazepines with no additional fused rings is 1. The molecule has 0 saturated heterocycles. The largest absolute Gasteiger partial charge is 0.369 e. The molecule has 0 fully saturated rings. The number of aryl methyl sites for hydroxylation is 1. The molecule has 0 bridgehead atoms. The zero-order chi connectivity index (χ0) is 33.5. The van der Waals surface area contributed by atoms with E-state index < -0.39 is 29.8 Å². The van der Waals surface area contributed by atoms with Crippen molar-refractivity contribution in [3.63, 3.8) is 0 Å². The number of aliphatic imine (C=N–C) groups is 1. The SMILES string of the molecule is C=CC[C@H](C(N)=O)[C@@H](CC(C)C)C(=O)NC1N=C(c2ccccc2)c2ccccc2N(Cc2cccc(-c3ccc(C)cc3)c2)C1=O. The first-order chi connectivity index (χ1) is 22.7. The molecule has 3 amide bonds. The minimum atomic E-state index is -1.24. The van der Waals surface area contributed by atoms with E-state index in [0.29, 0.717) is 17.8 Å². The Labute approximate surface area is 277 Å². The lowest BCUT2D eigenvalue weighted by atomic mass is 9.82. The fourth-order valence-corrected chi connectivity index (χ4v) is 6.15. The number of carbonyl (C=O) groups is 3.